The van der Waals surface area contributed by atoms with Gasteiger partial charge in [-0.25, -0.2) is 0 Å². The summed E-state index contributed by atoms with van der Waals surface area (Å²) in [6.07, 6.45) is 2.18. The van der Waals surface area contributed by atoms with Gasteiger partial charge in [-0.2, -0.15) is 0 Å². The molecule has 0 amide bonds. The van der Waals surface area contributed by atoms with Crippen LogP contribution in [0, 0.1) is 11.8 Å². The topological polar surface area (TPSA) is 65.5 Å². The molecule has 0 radical (unpaired) electrons. The summed E-state index contributed by atoms with van der Waals surface area (Å²) in [5.74, 6) is -2.31. The van der Waals surface area contributed by atoms with Gasteiger partial charge in [-0.3, -0.25) is 14.6 Å². The first-order chi connectivity index (χ1) is 8.60. The molecule has 1 atom stereocenters. The number of aromatic nitrogens is 1. The van der Waals surface area contributed by atoms with E-state index in [4.69, 9.17) is 0 Å². The van der Waals surface area contributed by atoms with E-state index in [9.17, 15) is 9.59 Å². The number of carbonyl (C=O) groups is 2. The second-order valence-electron chi connectivity index (χ2n) is 4.03. The van der Waals surface area contributed by atoms with Crippen molar-refractivity contribution >= 4 is 11.9 Å². The minimum Gasteiger partial charge on any atom is -0.468 e. The molecule has 5 nitrogen and oxygen atoms in total. The molecule has 0 fully saturated rings. The van der Waals surface area contributed by atoms with Crippen molar-refractivity contribution in [3.8, 4) is 0 Å². The molecule has 0 aliphatic rings. The number of esters is 2. The number of carbonyl (C=O) groups excluding carboxylic acids is 2. The molecule has 0 aromatic carbocycles. The number of hydrogen-bond acceptors (Lipinski definition) is 5. The van der Waals surface area contributed by atoms with Crippen molar-refractivity contribution in [3.63, 3.8) is 0 Å². The lowest BCUT2D eigenvalue weighted by Crippen LogP contribution is -2.33. The van der Waals surface area contributed by atoms with Crippen LogP contribution in [0.4, 0.5) is 0 Å². The van der Waals surface area contributed by atoms with Crippen LogP contribution in [0.1, 0.15) is 12.6 Å². The lowest BCUT2D eigenvalue weighted by molar-refractivity contribution is -0.161. The van der Waals surface area contributed by atoms with Crippen LogP contribution in [0.2, 0.25) is 0 Å². The molecule has 1 rings (SSSR count). The zero-order valence-corrected chi connectivity index (χ0v) is 10.8. The van der Waals surface area contributed by atoms with Crippen LogP contribution in [-0.4, -0.2) is 31.1 Å². The Balaban J connectivity index is 2.80. The molecule has 0 saturated carbocycles. The van der Waals surface area contributed by atoms with Gasteiger partial charge < -0.3 is 9.47 Å². The third-order valence-electron chi connectivity index (χ3n) is 2.74. The van der Waals surface area contributed by atoms with Gasteiger partial charge in [-0.1, -0.05) is 13.0 Å². The zero-order chi connectivity index (χ0) is 13.5. The average Bonchev–Trinajstić information content (AvgIpc) is 2.39. The smallest absolute Gasteiger partial charge is 0.320 e. The maximum absolute atomic E-state index is 11.6. The molecule has 18 heavy (non-hydrogen) atoms. The Hall–Kier alpha value is -1.91. The van der Waals surface area contributed by atoms with E-state index in [1.807, 2.05) is 18.2 Å². The molecule has 0 bridgehead atoms. The SMILES string of the molecule is COC(=O)C(C(=O)OC)C(C)Cc1ccccn1. The number of pyridine rings is 1. The van der Waals surface area contributed by atoms with Gasteiger partial charge >= 0.3 is 11.9 Å². The first kappa shape index (κ1) is 14.2. The highest BCUT2D eigenvalue weighted by Gasteiger charge is 2.34. The van der Waals surface area contributed by atoms with E-state index in [0.29, 0.717) is 6.42 Å². The van der Waals surface area contributed by atoms with Gasteiger partial charge in [0.2, 0.25) is 0 Å². The van der Waals surface area contributed by atoms with Crippen molar-refractivity contribution in [1.29, 1.82) is 0 Å². The van der Waals surface area contributed by atoms with Gasteiger partial charge in [-0.05, 0) is 24.5 Å². The minimum atomic E-state index is -0.915. The van der Waals surface area contributed by atoms with E-state index < -0.39 is 17.9 Å². The average molecular weight is 251 g/mol. The Labute approximate surface area is 106 Å². The second-order valence-corrected chi connectivity index (χ2v) is 4.03. The Bertz CT molecular complexity index is 389. The molecule has 1 unspecified atom stereocenters. The van der Waals surface area contributed by atoms with Crippen molar-refractivity contribution in [2.24, 2.45) is 11.8 Å². The molecule has 1 aromatic heterocycles. The highest BCUT2D eigenvalue weighted by molar-refractivity contribution is 5.95. The van der Waals surface area contributed by atoms with Gasteiger partial charge in [0, 0.05) is 11.9 Å². The number of ether oxygens (including phenoxy) is 2. The Kier molecular flexibility index (Phi) is 5.30. The third kappa shape index (κ3) is 3.55. The van der Waals surface area contributed by atoms with Gasteiger partial charge in [-0.15, -0.1) is 0 Å². The molecule has 1 aromatic rings. The zero-order valence-electron chi connectivity index (χ0n) is 10.8. The molecule has 0 spiro atoms. The van der Waals surface area contributed by atoms with Crippen LogP contribution in [0.25, 0.3) is 0 Å². The standard InChI is InChI=1S/C13H17NO4/c1-9(8-10-6-4-5-7-14-10)11(12(15)17-2)13(16)18-3/h4-7,9,11H,8H2,1-3H3. The summed E-state index contributed by atoms with van der Waals surface area (Å²) in [7, 11) is 2.51. The van der Waals surface area contributed by atoms with Gasteiger partial charge in [0.15, 0.2) is 5.92 Å². The van der Waals surface area contributed by atoms with E-state index in [1.54, 1.807) is 13.1 Å². The largest absolute Gasteiger partial charge is 0.468 e. The maximum Gasteiger partial charge on any atom is 0.320 e. The summed E-state index contributed by atoms with van der Waals surface area (Å²) < 4.78 is 9.27. The molecule has 98 valence electrons. The van der Waals surface area contributed by atoms with E-state index in [2.05, 4.69) is 14.5 Å². The van der Waals surface area contributed by atoms with Crippen molar-refractivity contribution in [1.82, 2.24) is 4.98 Å². The number of hydrogen-bond donors (Lipinski definition) is 0. The Morgan fingerprint density at radius 2 is 1.83 bits per heavy atom. The highest BCUT2D eigenvalue weighted by Crippen LogP contribution is 2.19. The first-order valence-corrected chi connectivity index (χ1v) is 5.65. The quantitative estimate of drug-likeness (QED) is 0.581. The predicted octanol–water partition coefficient (Wildman–Crippen LogP) is 1.22. The number of nitrogens with zero attached hydrogens (tertiary/aromatic N) is 1. The van der Waals surface area contributed by atoms with Crippen molar-refractivity contribution in [2.45, 2.75) is 13.3 Å². The fourth-order valence-electron chi connectivity index (χ4n) is 1.78. The van der Waals surface area contributed by atoms with Crippen LogP contribution in [0.3, 0.4) is 0 Å². The van der Waals surface area contributed by atoms with E-state index in [1.165, 1.54) is 14.2 Å². The highest BCUT2D eigenvalue weighted by atomic mass is 16.5. The summed E-state index contributed by atoms with van der Waals surface area (Å²) >= 11 is 0. The fraction of sp³-hybridized carbons (Fsp3) is 0.462. The first-order valence-electron chi connectivity index (χ1n) is 5.65. The molecule has 0 saturated heterocycles. The van der Waals surface area contributed by atoms with E-state index in [-0.39, 0.29) is 5.92 Å². The molecule has 1 heterocycles. The van der Waals surface area contributed by atoms with E-state index >= 15 is 0 Å². The van der Waals surface area contributed by atoms with Crippen molar-refractivity contribution in [3.05, 3.63) is 30.1 Å². The molecule has 0 N–H and O–H groups in total. The normalized spacial score (nSPS) is 12.0. The predicted molar refractivity (Wildman–Crippen MR) is 64.6 cm³/mol. The van der Waals surface area contributed by atoms with Gasteiger partial charge in [0.25, 0.3) is 0 Å². The molecule has 0 aliphatic heterocycles. The van der Waals surface area contributed by atoms with Crippen LogP contribution >= 0.6 is 0 Å². The van der Waals surface area contributed by atoms with Crippen molar-refractivity contribution < 1.29 is 19.1 Å². The minimum absolute atomic E-state index is 0.236. The summed E-state index contributed by atoms with van der Waals surface area (Å²) in [5.41, 5.74) is 0.822. The summed E-state index contributed by atoms with van der Waals surface area (Å²) in [5, 5.41) is 0. The Morgan fingerprint density at radius 3 is 2.28 bits per heavy atom. The van der Waals surface area contributed by atoms with Gasteiger partial charge in [0.05, 0.1) is 14.2 Å². The molecule has 0 aliphatic carbocycles. The van der Waals surface area contributed by atoms with Crippen LogP contribution < -0.4 is 0 Å². The van der Waals surface area contributed by atoms with Crippen LogP contribution in [0.15, 0.2) is 24.4 Å². The second kappa shape index (κ2) is 6.74. The molecular formula is C13H17NO4. The molecular weight excluding hydrogens is 234 g/mol. The lowest BCUT2D eigenvalue weighted by Gasteiger charge is -2.19. The maximum atomic E-state index is 11.6. The Morgan fingerprint density at radius 1 is 1.22 bits per heavy atom. The number of methoxy groups -OCH3 is 2. The molecule has 5 heteroatoms. The lowest BCUT2D eigenvalue weighted by atomic mass is 9.90. The summed E-state index contributed by atoms with van der Waals surface area (Å²) in [6.45, 7) is 1.80. The van der Waals surface area contributed by atoms with E-state index in [0.717, 1.165) is 5.69 Å². The van der Waals surface area contributed by atoms with Crippen LogP contribution in [0.5, 0.6) is 0 Å². The van der Waals surface area contributed by atoms with Gasteiger partial charge in [0.1, 0.15) is 0 Å². The third-order valence-corrected chi connectivity index (χ3v) is 2.74. The monoisotopic (exact) mass is 251 g/mol. The van der Waals surface area contributed by atoms with Crippen molar-refractivity contribution in [2.75, 3.05) is 14.2 Å². The summed E-state index contributed by atoms with van der Waals surface area (Å²) in [4.78, 5) is 27.4. The van der Waals surface area contributed by atoms with Crippen LogP contribution in [-0.2, 0) is 25.5 Å². The fourth-order valence-corrected chi connectivity index (χ4v) is 1.78. The summed E-state index contributed by atoms with van der Waals surface area (Å²) in [6, 6.07) is 5.52. The number of rotatable bonds is 5.